The predicted octanol–water partition coefficient (Wildman–Crippen LogP) is 1.20. The van der Waals surface area contributed by atoms with Crippen molar-refractivity contribution in [3.63, 3.8) is 0 Å². The Balaban J connectivity index is 2.20. The maximum Gasteiger partial charge on any atom is 0.183 e. The van der Waals surface area contributed by atoms with Gasteiger partial charge in [0.15, 0.2) is 23.0 Å². The largest absolute Gasteiger partial charge is 0.493 e. The lowest BCUT2D eigenvalue weighted by atomic mass is 10.1. The van der Waals surface area contributed by atoms with Gasteiger partial charge in [-0.2, -0.15) is 0 Å². The van der Waals surface area contributed by atoms with Crippen LogP contribution >= 0.6 is 0 Å². The molecule has 21 heavy (non-hydrogen) atoms. The number of hydrogen-bond acceptors (Lipinski definition) is 7. The molecule has 0 spiro atoms. The van der Waals surface area contributed by atoms with Gasteiger partial charge in [-0.25, -0.2) is 15.0 Å². The van der Waals surface area contributed by atoms with Crippen LogP contribution in [0.25, 0.3) is 22.6 Å². The number of benzene rings is 1. The summed E-state index contributed by atoms with van der Waals surface area (Å²) in [5.74, 6) is 1.98. The maximum absolute atomic E-state index is 6.05. The summed E-state index contributed by atoms with van der Waals surface area (Å²) in [6, 6.07) is 3.42. The van der Waals surface area contributed by atoms with Crippen LogP contribution in [0.2, 0.25) is 0 Å². The van der Waals surface area contributed by atoms with Gasteiger partial charge in [0, 0.05) is 17.3 Å². The van der Waals surface area contributed by atoms with Crippen LogP contribution in [0.3, 0.4) is 0 Å². The molecule has 0 fully saturated rings. The average molecular weight is 286 g/mol. The number of hydrogen-bond donors (Lipinski definition) is 3. The fourth-order valence-corrected chi connectivity index (χ4v) is 2.07. The van der Waals surface area contributed by atoms with E-state index in [1.807, 2.05) is 0 Å². The fourth-order valence-electron chi connectivity index (χ4n) is 2.07. The Kier molecular flexibility index (Phi) is 2.98. The van der Waals surface area contributed by atoms with E-state index in [4.69, 9.17) is 20.9 Å². The summed E-state index contributed by atoms with van der Waals surface area (Å²) < 4.78 is 10.5. The number of aromatic nitrogens is 4. The molecule has 1 aromatic carbocycles. The average Bonchev–Trinajstić information content (AvgIpc) is 2.92. The Morgan fingerprint density at radius 1 is 1.05 bits per heavy atom. The van der Waals surface area contributed by atoms with Crippen LogP contribution in [0, 0.1) is 0 Å². The van der Waals surface area contributed by atoms with Gasteiger partial charge in [-0.15, -0.1) is 0 Å². The van der Waals surface area contributed by atoms with Crippen LogP contribution < -0.4 is 20.9 Å². The van der Waals surface area contributed by atoms with Crippen molar-refractivity contribution >= 4 is 22.7 Å². The van der Waals surface area contributed by atoms with Crippen molar-refractivity contribution in [1.82, 2.24) is 19.9 Å². The highest BCUT2D eigenvalue weighted by atomic mass is 16.5. The molecule has 0 aliphatic heterocycles. The molecule has 5 N–H and O–H groups in total. The number of aromatic amines is 1. The molecular formula is C13H14N6O2. The van der Waals surface area contributed by atoms with Crippen molar-refractivity contribution < 1.29 is 9.47 Å². The lowest BCUT2D eigenvalue weighted by Crippen LogP contribution is -1.97. The molecule has 0 radical (unpaired) electrons. The highest BCUT2D eigenvalue weighted by molar-refractivity contribution is 5.86. The van der Waals surface area contributed by atoms with Gasteiger partial charge in [0.2, 0.25) is 0 Å². The first-order valence-electron chi connectivity index (χ1n) is 6.12. The van der Waals surface area contributed by atoms with Crippen LogP contribution in [0.15, 0.2) is 18.5 Å². The standard InChI is InChI=1S/C13H14N6O2/c1-20-8-3-6(7(14)4-9(8)21-2)12-18-10-11(15)16-5-17-13(10)19-12/h3-5H,14H2,1-2H3,(H3,15,16,17,18,19). The summed E-state index contributed by atoms with van der Waals surface area (Å²) in [5.41, 5.74) is 14.1. The summed E-state index contributed by atoms with van der Waals surface area (Å²) in [7, 11) is 3.11. The number of rotatable bonds is 3. The Morgan fingerprint density at radius 3 is 2.43 bits per heavy atom. The Bertz CT molecular complexity index is 814. The first-order chi connectivity index (χ1) is 10.1. The first kappa shape index (κ1) is 13.0. The maximum atomic E-state index is 6.05. The molecule has 3 rings (SSSR count). The third kappa shape index (κ3) is 2.06. The van der Waals surface area contributed by atoms with Crippen molar-refractivity contribution in [3.8, 4) is 22.9 Å². The van der Waals surface area contributed by atoms with Gasteiger partial charge in [0.05, 0.1) is 14.2 Å². The highest BCUT2D eigenvalue weighted by Crippen LogP contribution is 2.36. The molecule has 8 nitrogen and oxygen atoms in total. The second-order valence-corrected chi connectivity index (χ2v) is 4.34. The normalized spacial score (nSPS) is 10.8. The lowest BCUT2D eigenvalue weighted by molar-refractivity contribution is 0.355. The van der Waals surface area contributed by atoms with E-state index in [0.717, 1.165) is 0 Å². The van der Waals surface area contributed by atoms with E-state index in [0.29, 0.717) is 45.6 Å². The van der Waals surface area contributed by atoms with Crippen molar-refractivity contribution in [2.75, 3.05) is 25.7 Å². The summed E-state index contributed by atoms with van der Waals surface area (Å²) in [4.78, 5) is 15.4. The van der Waals surface area contributed by atoms with Crippen LogP contribution in [-0.4, -0.2) is 34.2 Å². The number of H-pyrrole nitrogens is 1. The van der Waals surface area contributed by atoms with Crippen molar-refractivity contribution in [2.24, 2.45) is 0 Å². The summed E-state index contributed by atoms with van der Waals surface area (Å²) in [6.07, 6.45) is 1.36. The molecular weight excluding hydrogens is 272 g/mol. The van der Waals surface area contributed by atoms with Gasteiger partial charge >= 0.3 is 0 Å². The minimum Gasteiger partial charge on any atom is -0.493 e. The fraction of sp³-hybridized carbons (Fsp3) is 0.154. The SMILES string of the molecule is COc1cc(N)c(-c2nc3ncnc(N)c3[nH]2)cc1OC. The monoisotopic (exact) mass is 286 g/mol. The predicted molar refractivity (Wildman–Crippen MR) is 79.0 cm³/mol. The number of nitrogens with one attached hydrogen (secondary N) is 1. The molecule has 0 amide bonds. The van der Waals surface area contributed by atoms with Gasteiger partial charge in [-0.05, 0) is 6.07 Å². The zero-order valence-corrected chi connectivity index (χ0v) is 11.5. The highest BCUT2D eigenvalue weighted by Gasteiger charge is 2.15. The van der Waals surface area contributed by atoms with Gasteiger partial charge in [0.25, 0.3) is 0 Å². The quantitative estimate of drug-likeness (QED) is 0.618. The molecule has 0 unspecified atom stereocenters. The van der Waals surface area contributed by atoms with Gasteiger partial charge in [-0.1, -0.05) is 0 Å². The number of nitrogens with two attached hydrogens (primary N) is 2. The zero-order chi connectivity index (χ0) is 15.0. The molecule has 0 bridgehead atoms. The lowest BCUT2D eigenvalue weighted by Gasteiger charge is -2.11. The number of anilines is 2. The number of ether oxygens (including phenoxy) is 2. The molecule has 0 saturated heterocycles. The smallest absolute Gasteiger partial charge is 0.183 e. The summed E-state index contributed by atoms with van der Waals surface area (Å²) >= 11 is 0. The second-order valence-electron chi connectivity index (χ2n) is 4.34. The Hall–Kier alpha value is -3.03. The van der Waals surface area contributed by atoms with Crippen molar-refractivity contribution in [3.05, 3.63) is 18.5 Å². The zero-order valence-electron chi connectivity index (χ0n) is 11.5. The third-order valence-electron chi connectivity index (χ3n) is 3.13. The topological polar surface area (TPSA) is 125 Å². The van der Waals surface area contributed by atoms with Crippen LogP contribution in [0.5, 0.6) is 11.5 Å². The minimum absolute atomic E-state index is 0.331. The van der Waals surface area contributed by atoms with E-state index >= 15 is 0 Å². The number of nitrogens with zero attached hydrogens (tertiary/aromatic N) is 3. The molecule has 3 aromatic rings. The van der Waals surface area contributed by atoms with Crippen LogP contribution in [0.4, 0.5) is 11.5 Å². The Morgan fingerprint density at radius 2 is 1.76 bits per heavy atom. The van der Waals surface area contributed by atoms with Gasteiger partial charge < -0.3 is 25.9 Å². The molecule has 2 heterocycles. The molecule has 0 aliphatic rings. The van der Waals surface area contributed by atoms with Crippen molar-refractivity contribution in [2.45, 2.75) is 0 Å². The number of nitrogen functional groups attached to an aromatic ring is 2. The van der Waals surface area contributed by atoms with Gasteiger partial charge in [0.1, 0.15) is 17.7 Å². The molecule has 108 valence electrons. The number of imidazole rings is 1. The first-order valence-corrected chi connectivity index (χ1v) is 6.12. The van der Waals surface area contributed by atoms with E-state index in [-0.39, 0.29) is 0 Å². The summed E-state index contributed by atoms with van der Waals surface area (Å²) in [5, 5.41) is 0. The second kappa shape index (κ2) is 4.82. The van der Waals surface area contributed by atoms with E-state index in [2.05, 4.69) is 19.9 Å². The third-order valence-corrected chi connectivity index (χ3v) is 3.13. The number of methoxy groups -OCH3 is 2. The summed E-state index contributed by atoms with van der Waals surface area (Å²) in [6.45, 7) is 0. The van der Waals surface area contributed by atoms with Crippen LogP contribution in [-0.2, 0) is 0 Å². The van der Waals surface area contributed by atoms with E-state index in [1.54, 1.807) is 26.4 Å². The molecule has 0 saturated carbocycles. The van der Waals surface area contributed by atoms with Gasteiger partial charge in [-0.3, -0.25) is 0 Å². The molecule has 2 aromatic heterocycles. The Labute approximate surface area is 120 Å². The molecule has 0 atom stereocenters. The molecule has 0 aliphatic carbocycles. The minimum atomic E-state index is 0.331. The van der Waals surface area contributed by atoms with Crippen LogP contribution in [0.1, 0.15) is 0 Å². The van der Waals surface area contributed by atoms with E-state index in [1.165, 1.54) is 6.33 Å². The number of fused-ring (bicyclic) bond motifs is 1. The van der Waals surface area contributed by atoms with E-state index < -0.39 is 0 Å². The van der Waals surface area contributed by atoms with Crippen molar-refractivity contribution in [1.29, 1.82) is 0 Å². The van der Waals surface area contributed by atoms with E-state index in [9.17, 15) is 0 Å². The molecule has 8 heteroatoms.